The molecule has 0 saturated carbocycles. The highest BCUT2D eigenvalue weighted by Crippen LogP contribution is 2.21. The van der Waals surface area contributed by atoms with E-state index >= 15 is 0 Å². The van der Waals surface area contributed by atoms with E-state index in [1.54, 1.807) is 18.2 Å². The highest BCUT2D eigenvalue weighted by Gasteiger charge is 2.05. The summed E-state index contributed by atoms with van der Waals surface area (Å²) in [5, 5.41) is 12.2. The van der Waals surface area contributed by atoms with Crippen molar-refractivity contribution < 1.29 is 9.90 Å². The largest absolute Gasteiger partial charge is 0.508 e. The van der Waals surface area contributed by atoms with Gasteiger partial charge in [0.25, 0.3) is 0 Å². The molecule has 3 heteroatoms. The van der Waals surface area contributed by atoms with Crippen LogP contribution in [0.25, 0.3) is 0 Å². The van der Waals surface area contributed by atoms with E-state index in [1.165, 1.54) is 0 Å². The van der Waals surface area contributed by atoms with Gasteiger partial charge in [-0.05, 0) is 30.9 Å². The summed E-state index contributed by atoms with van der Waals surface area (Å²) in [6.45, 7) is 6.00. The second-order valence-corrected chi connectivity index (χ2v) is 4.48. The monoisotopic (exact) mass is 221 g/mol. The van der Waals surface area contributed by atoms with E-state index < -0.39 is 0 Å². The van der Waals surface area contributed by atoms with Crippen molar-refractivity contribution in [1.29, 1.82) is 0 Å². The lowest BCUT2D eigenvalue weighted by molar-refractivity contribution is -0.116. The Kier molecular flexibility index (Phi) is 4.35. The van der Waals surface area contributed by atoms with Crippen LogP contribution in [0.3, 0.4) is 0 Å². The number of aryl methyl sites for hydroxylation is 1. The number of carbonyl (C=O) groups is 1. The third-order valence-electron chi connectivity index (χ3n) is 2.44. The zero-order valence-electron chi connectivity index (χ0n) is 10.1. The molecule has 3 nitrogen and oxygen atoms in total. The number of carbonyl (C=O) groups excluding carboxylic acids is 1. The van der Waals surface area contributed by atoms with Gasteiger partial charge in [-0.25, -0.2) is 0 Å². The number of rotatable bonds is 4. The number of anilines is 1. The number of phenols is 1. The van der Waals surface area contributed by atoms with Crippen LogP contribution in [-0.4, -0.2) is 11.0 Å². The second-order valence-electron chi connectivity index (χ2n) is 4.48. The molecule has 0 radical (unpaired) electrons. The van der Waals surface area contributed by atoms with E-state index in [1.807, 2.05) is 6.92 Å². The Bertz CT molecular complexity index is 372. The SMILES string of the molecule is Cc1ccc(NC(=O)CCC(C)C)cc1O. The minimum atomic E-state index is -0.00282. The Hall–Kier alpha value is -1.51. The topological polar surface area (TPSA) is 49.3 Å². The zero-order valence-corrected chi connectivity index (χ0v) is 10.1. The van der Waals surface area contributed by atoms with Gasteiger partial charge in [0.1, 0.15) is 5.75 Å². The Morgan fingerprint density at radius 2 is 2.12 bits per heavy atom. The molecule has 0 unspecified atom stereocenters. The molecule has 1 aromatic carbocycles. The predicted octanol–water partition coefficient (Wildman–Crippen LogP) is 3.08. The zero-order chi connectivity index (χ0) is 12.1. The Balaban J connectivity index is 2.53. The Morgan fingerprint density at radius 1 is 1.44 bits per heavy atom. The van der Waals surface area contributed by atoms with Crippen LogP contribution in [0.15, 0.2) is 18.2 Å². The van der Waals surface area contributed by atoms with E-state index in [2.05, 4.69) is 19.2 Å². The number of benzene rings is 1. The van der Waals surface area contributed by atoms with Crippen molar-refractivity contribution in [3.63, 3.8) is 0 Å². The van der Waals surface area contributed by atoms with Gasteiger partial charge in [0, 0.05) is 18.2 Å². The van der Waals surface area contributed by atoms with Crippen LogP contribution >= 0.6 is 0 Å². The van der Waals surface area contributed by atoms with Gasteiger partial charge in [0.2, 0.25) is 5.91 Å². The third-order valence-corrected chi connectivity index (χ3v) is 2.44. The summed E-state index contributed by atoms with van der Waals surface area (Å²) < 4.78 is 0. The van der Waals surface area contributed by atoms with Crippen molar-refractivity contribution in [2.45, 2.75) is 33.6 Å². The van der Waals surface area contributed by atoms with Gasteiger partial charge in [0.15, 0.2) is 0 Å². The maximum absolute atomic E-state index is 11.5. The number of hydrogen-bond donors (Lipinski definition) is 2. The number of phenolic OH excluding ortho intramolecular Hbond substituents is 1. The fourth-order valence-corrected chi connectivity index (χ4v) is 1.33. The van der Waals surface area contributed by atoms with Crippen molar-refractivity contribution in [2.24, 2.45) is 5.92 Å². The molecule has 0 aromatic heterocycles. The number of hydrogen-bond acceptors (Lipinski definition) is 2. The predicted molar refractivity (Wildman–Crippen MR) is 65.5 cm³/mol. The Morgan fingerprint density at radius 3 is 2.69 bits per heavy atom. The standard InChI is InChI=1S/C13H19NO2/c1-9(2)4-7-13(16)14-11-6-5-10(3)12(15)8-11/h5-6,8-9,15H,4,7H2,1-3H3,(H,14,16). The molecule has 1 amide bonds. The fourth-order valence-electron chi connectivity index (χ4n) is 1.33. The maximum atomic E-state index is 11.5. The highest BCUT2D eigenvalue weighted by molar-refractivity contribution is 5.90. The van der Waals surface area contributed by atoms with Crippen LogP contribution in [0, 0.1) is 12.8 Å². The molecule has 0 heterocycles. The molecule has 0 atom stereocenters. The summed E-state index contributed by atoms with van der Waals surface area (Å²) in [5.41, 5.74) is 1.46. The second kappa shape index (κ2) is 5.54. The van der Waals surface area contributed by atoms with Gasteiger partial charge in [-0.2, -0.15) is 0 Å². The minimum Gasteiger partial charge on any atom is -0.508 e. The van der Waals surface area contributed by atoms with E-state index in [0.29, 0.717) is 18.0 Å². The first-order chi connectivity index (χ1) is 7.49. The van der Waals surface area contributed by atoms with Gasteiger partial charge in [-0.15, -0.1) is 0 Å². The van der Waals surface area contributed by atoms with Crippen molar-refractivity contribution in [3.05, 3.63) is 23.8 Å². The van der Waals surface area contributed by atoms with E-state index in [4.69, 9.17) is 0 Å². The lowest BCUT2D eigenvalue weighted by Crippen LogP contribution is -2.12. The molecule has 16 heavy (non-hydrogen) atoms. The van der Waals surface area contributed by atoms with E-state index in [0.717, 1.165) is 12.0 Å². The van der Waals surface area contributed by atoms with Gasteiger partial charge in [-0.3, -0.25) is 4.79 Å². The minimum absolute atomic E-state index is 0.00282. The van der Waals surface area contributed by atoms with Crippen LogP contribution in [0.2, 0.25) is 0 Å². The molecule has 0 fully saturated rings. The molecule has 1 aromatic rings. The van der Waals surface area contributed by atoms with Gasteiger partial charge in [-0.1, -0.05) is 19.9 Å². The molecule has 0 aliphatic heterocycles. The summed E-state index contributed by atoms with van der Waals surface area (Å²) in [5.74, 6) is 0.732. The quantitative estimate of drug-likeness (QED) is 0.820. The van der Waals surface area contributed by atoms with Crippen molar-refractivity contribution in [1.82, 2.24) is 0 Å². The third kappa shape index (κ3) is 3.93. The van der Waals surface area contributed by atoms with Gasteiger partial charge >= 0.3 is 0 Å². The molecule has 0 saturated heterocycles. The van der Waals surface area contributed by atoms with Crippen LogP contribution in [0.4, 0.5) is 5.69 Å². The van der Waals surface area contributed by atoms with Crippen molar-refractivity contribution in [2.75, 3.05) is 5.32 Å². The van der Waals surface area contributed by atoms with Crippen LogP contribution in [-0.2, 0) is 4.79 Å². The summed E-state index contributed by atoms with van der Waals surface area (Å²) in [6, 6.07) is 5.15. The first kappa shape index (κ1) is 12.6. The molecule has 0 bridgehead atoms. The van der Waals surface area contributed by atoms with Gasteiger partial charge < -0.3 is 10.4 Å². The summed E-state index contributed by atoms with van der Waals surface area (Å²) in [4.78, 5) is 11.5. The average Bonchev–Trinajstić information content (AvgIpc) is 2.21. The van der Waals surface area contributed by atoms with Crippen molar-refractivity contribution >= 4 is 11.6 Å². The maximum Gasteiger partial charge on any atom is 0.224 e. The number of amides is 1. The lowest BCUT2D eigenvalue weighted by Gasteiger charge is -2.08. The molecular formula is C13H19NO2. The highest BCUT2D eigenvalue weighted by atomic mass is 16.3. The smallest absolute Gasteiger partial charge is 0.224 e. The summed E-state index contributed by atoms with van der Waals surface area (Å²) >= 11 is 0. The van der Waals surface area contributed by atoms with Crippen molar-refractivity contribution in [3.8, 4) is 5.75 Å². The van der Waals surface area contributed by atoms with E-state index in [9.17, 15) is 9.90 Å². The first-order valence-electron chi connectivity index (χ1n) is 5.58. The summed E-state index contributed by atoms with van der Waals surface area (Å²) in [6.07, 6.45) is 1.40. The molecule has 88 valence electrons. The normalized spacial score (nSPS) is 10.5. The lowest BCUT2D eigenvalue weighted by atomic mass is 10.1. The van der Waals surface area contributed by atoms with Gasteiger partial charge in [0.05, 0.1) is 0 Å². The molecule has 1 rings (SSSR count). The van der Waals surface area contributed by atoms with Crippen LogP contribution < -0.4 is 5.32 Å². The molecular weight excluding hydrogens is 202 g/mol. The molecule has 0 aliphatic carbocycles. The molecule has 0 spiro atoms. The summed E-state index contributed by atoms with van der Waals surface area (Å²) in [7, 11) is 0. The van der Waals surface area contributed by atoms with Crippen LogP contribution in [0.1, 0.15) is 32.3 Å². The average molecular weight is 221 g/mol. The first-order valence-corrected chi connectivity index (χ1v) is 5.58. The fraction of sp³-hybridized carbons (Fsp3) is 0.462. The molecule has 0 aliphatic rings. The number of nitrogens with one attached hydrogen (secondary N) is 1. The number of aromatic hydroxyl groups is 1. The van der Waals surface area contributed by atoms with E-state index in [-0.39, 0.29) is 11.7 Å². The van der Waals surface area contributed by atoms with Crippen LogP contribution in [0.5, 0.6) is 5.75 Å². The Labute approximate surface area is 96.5 Å². The molecule has 2 N–H and O–H groups in total.